The van der Waals surface area contributed by atoms with E-state index in [9.17, 15) is 18.0 Å². The monoisotopic (exact) mass is 492 g/mol. The Kier molecular flexibility index (Phi) is 7.79. The van der Waals surface area contributed by atoms with E-state index in [1.165, 1.54) is 4.31 Å². The number of carbonyl (C=O) groups is 2. The van der Waals surface area contributed by atoms with Crippen molar-refractivity contribution in [1.29, 1.82) is 0 Å². The maximum absolute atomic E-state index is 13.6. The number of hydrogen-bond acceptors (Lipinski definition) is 5. The van der Waals surface area contributed by atoms with Gasteiger partial charge in [0.15, 0.2) is 0 Å². The molecule has 2 unspecified atom stereocenters. The van der Waals surface area contributed by atoms with Crippen LogP contribution in [0.5, 0.6) is 5.75 Å². The molecule has 3 saturated heterocycles. The van der Waals surface area contributed by atoms with Crippen molar-refractivity contribution in [2.24, 2.45) is 5.92 Å². The zero-order valence-corrected chi connectivity index (χ0v) is 21.0. The molecule has 0 bridgehead atoms. The lowest BCUT2D eigenvalue weighted by Crippen LogP contribution is -2.55. The Labute approximate surface area is 202 Å². The molecule has 3 aliphatic rings. The minimum Gasteiger partial charge on any atom is -0.497 e. The van der Waals surface area contributed by atoms with Crippen LogP contribution in [0.3, 0.4) is 0 Å². The number of ether oxygens (including phenoxy) is 1. The first-order chi connectivity index (χ1) is 16.4. The van der Waals surface area contributed by atoms with E-state index in [1.807, 2.05) is 29.2 Å². The zero-order chi connectivity index (χ0) is 24.3. The predicted octanol–water partition coefficient (Wildman–Crippen LogP) is 1.87. The molecule has 0 aliphatic carbocycles. The molecular weight excluding hydrogens is 456 g/mol. The maximum Gasteiger partial charge on any atom is 0.282 e. The number of amides is 2. The molecule has 3 heterocycles. The molecule has 4 rings (SSSR count). The van der Waals surface area contributed by atoms with Crippen LogP contribution < -0.4 is 4.74 Å². The molecule has 3 aliphatic heterocycles. The van der Waals surface area contributed by atoms with Crippen LogP contribution >= 0.6 is 0 Å². The fraction of sp³-hybridized carbons (Fsp3) is 0.667. The molecular formula is C24H36N4O5S. The predicted molar refractivity (Wildman–Crippen MR) is 128 cm³/mol. The van der Waals surface area contributed by atoms with Gasteiger partial charge in [-0.05, 0) is 37.0 Å². The minimum absolute atomic E-state index is 0.00265. The lowest BCUT2D eigenvalue weighted by molar-refractivity contribution is -0.137. The van der Waals surface area contributed by atoms with Crippen molar-refractivity contribution in [2.45, 2.75) is 45.1 Å². The van der Waals surface area contributed by atoms with E-state index in [0.717, 1.165) is 37.0 Å². The van der Waals surface area contributed by atoms with E-state index in [4.69, 9.17) is 4.74 Å². The number of piperazine rings is 1. The third-order valence-electron chi connectivity index (χ3n) is 7.23. The zero-order valence-electron chi connectivity index (χ0n) is 20.2. The molecule has 0 N–H and O–H groups in total. The summed E-state index contributed by atoms with van der Waals surface area (Å²) in [4.78, 5) is 30.2. The van der Waals surface area contributed by atoms with Gasteiger partial charge in [-0.2, -0.15) is 17.0 Å². The van der Waals surface area contributed by atoms with Gasteiger partial charge in [-0.1, -0.05) is 25.5 Å². The van der Waals surface area contributed by atoms with Gasteiger partial charge in [0.2, 0.25) is 11.8 Å². The van der Waals surface area contributed by atoms with Gasteiger partial charge in [-0.15, -0.1) is 0 Å². The van der Waals surface area contributed by atoms with Gasteiger partial charge >= 0.3 is 0 Å². The summed E-state index contributed by atoms with van der Waals surface area (Å²) in [5, 5.41) is 0. The third kappa shape index (κ3) is 4.94. The molecule has 2 amide bonds. The van der Waals surface area contributed by atoms with Gasteiger partial charge in [0.05, 0.1) is 19.1 Å². The maximum atomic E-state index is 13.6. The van der Waals surface area contributed by atoms with Crippen LogP contribution in [0.1, 0.15) is 50.6 Å². The van der Waals surface area contributed by atoms with Crippen molar-refractivity contribution in [3.63, 3.8) is 0 Å². The summed E-state index contributed by atoms with van der Waals surface area (Å²) in [6, 6.07) is 7.27. The molecule has 0 saturated carbocycles. The summed E-state index contributed by atoms with van der Waals surface area (Å²) in [7, 11) is -1.85. The molecule has 188 valence electrons. The quantitative estimate of drug-likeness (QED) is 0.553. The van der Waals surface area contributed by atoms with E-state index in [1.54, 1.807) is 16.3 Å². The van der Waals surface area contributed by atoms with Crippen molar-refractivity contribution >= 4 is 22.0 Å². The average Bonchev–Trinajstić information content (AvgIpc) is 3.51. The number of unbranched alkanes of at least 4 members (excludes halogenated alkanes) is 1. The smallest absolute Gasteiger partial charge is 0.282 e. The van der Waals surface area contributed by atoms with Gasteiger partial charge in [-0.25, -0.2) is 0 Å². The molecule has 0 radical (unpaired) electrons. The lowest BCUT2D eigenvalue weighted by atomic mass is 9.92. The molecule has 34 heavy (non-hydrogen) atoms. The standard InChI is InChI=1S/C24H36N4O5S/c1-3-4-13-28-22(29)18-21(23(28)19-7-9-20(33-2)10-8-19)24(30)25-14-16-27(17-15-25)34(31,32)26-11-5-6-12-26/h7-10,21,23H,3-6,11-18H2,1-2H3. The van der Waals surface area contributed by atoms with Gasteiger partial charge in [-0.3, -0.25) is 9.59 Å². The highest BCUT2D eigenvalue weighted by Crippen LogP contribution is 2.40. The number of benzene rings is 1. The van der Waals surface area contributed by atoms with Crippen LogP contribution in [-0.4, -0.2) is 91.6 Å². The summed E-state index contributed by atoms with van der Waals surface area (Å²) in [5.74, 6) is 0.195. The Morgan fingerprint density at radius 1 is 1.00 bits per heavy atom. The Bertz CT molecular complexity index is 970. The number of methoxy groups -OCH3 is 1. The number of hydrogen-bond donors (Lipinski definition) is 0. The highest BCUT2D eigenvalue weighted by Gasteiger charge is 2.46. The average molecular weight is 493 g/mol. The summed E-state index contributed by atoms with van der Waals surface area (Å²) >= 11 is 0. The van der Waals surface area contributed by atoms with Crippen LogP contribution in [0.15, 0.2) is 24.3 Å². The molecule has 1 aromatic carbocycles. The number of carbonyl (C=O) groups excluding carboxylic acids is 2. The Morgan fingerprint density at radius 3 is 2.21 bits per heavy atom. The Balaban J connectivity index is 1.48. The topological polar surface area (TPSA) is 90.5 Å². The van der Waals surface area contributed by atoms with Gasteiger partial charge in [0.1, 0.15) is 5.75 Å². The van der Waals surface area contributed by atoms with Crippen LogP contribution in [0, 0.1) is 5.92 Å². The van der Waals surface area contributed by atoms with Gasteiger partial charge in [0.25, 0.3) is 10.2 Å². The molecule has 1 aromatic rings. The number of likely N-dealkylation sites (tertiary alicyclic amines) is 1. The van der Waals surface area contributed by atoms with E-state index in [0.29, 0.717) is 32.7 Å². The highest BCUT2D eigenvalue weighted by molar-refractivity contribution is 7.86. The van der Waals surface area contributed by atoms with Crippen molar-refractivity contribution in [2.75, 3.05) is 52.9 Å². The van der Waals surface area contributed by atoms with Gasteiger partial charge in [0, 0.05) is 52.2 Å². The molecule has 10 heteroatoms. The van der Waals surface area contributed by atoms with Crippen molar-refractivity contribution in [1.82, 2.24) is 18.4 Å². The highest BCUT2D eigenvalue weighted by atomic mass is 32.2. The molecule has 9 nitrogen and oxygen atoms in total. The van der Waals surface area contributed by atoms with Crippen molar-refractivity contribution in [3.8, 4) is 5.75 Å². The van der Waals surface area contributed by atoms with E-state index in [-0.39, 0.29) is 37.4 Å². The van der Waals surface area contributed by atoms with E-state index in [2.05, 4.69) is 6.92 Å². The largest absolute Gasteiger partial charge is 0.497 e. The second kappa shape index (κ2) is 10.6. The second-order valence-electron chi connectivity index (χ2n) is 9.31. The van der Waals surface area contributed by atoms with Crippen molar-refractivity contribution < 1.29 is 22.7 Å². The Hall–Kier alpha value is -2.17. The third-order valence-corrected chi connectivity index (χ3v) is 9.26. The second-order valence-corrected chi connectivity index (χ2v) is 11.2. The normalized spacial score (nSPS) is 24.7. The summed E-state index contributed by atoms with van der Waals surface area (Å²) in [6.45, 7) is 5.13. The number of rotatable bonds is 8. The van der Waals surface area contributed by atoms with Crippen LogP contribution in [-0.2, 0) is 19.8 Å². The van der Waals surface area contributed by atoms with Gasteiger partial charge < -0.3 is 14.5 Å². The van der Waals surface area contributed by atoms with Crippen molar-refractivity contribution in [3.05, 3.63) is 29.8 Å². The number of nitrogens with zero attached hydrogens (tertiary/aromatic N) is 4. The molecule has 2 atom stereocenters. The summed E-state index contributed by atoms with van der Waals surface area (Å²) in [5.41, 5.74) is 0.927. The summed E-state index contributed by atoms with van der Waals surface area (Å²) in [6.07, 6.45) is 3.83. The first kappa shape index (κ1) is 24.9. The Morgan fingerprint density at radius 2 is 1.62 bits per heavy atom. The molecule has 0 aromatic heterocycles. The van der Waals surface area contributed by atoms with Crippen LogP contribution in [0.25, 0.3) is 0 Å². The fourth-order valence-corrected chi connectivity index (χ4v) is 6.94. The van der Waals surface area contributed by atoms with E-state index < -0.39 is 16.1 Å². The molecule has 3 fully saturated rings. The molecule has 0 spiro atoms. The first-order valence-corrected chi connectivity index (χ1v) is 13.7. The first-order valence-electron chi connectivity index (χ1n) is 12.3. The lowest BCUT2D eigenvalue weighted by Gasteiger charge is -2.38. The van der Waals surface area contributed by atoms with Crippen LogP contribution in [0.2, 0.25) is 0 Å². The van der Waals surface area contributed by atoms with Crippen LogP contribution in [0.4, 0.5) is 0 Å². The summed E-state index contributed by atoms with van der Waals surface area (Å²) < 4.78 is 34.1. The SMILES string of the molecule is CCCCN1C(=O)CC(C(=O)N2CCN(S(=O)(=O)N3CCCC3)CC2)C1c1ccc(OC)cc1. The minimum atomic E-state index is -3.46. The van der Waals surface area contributed by atoms with E-state index >= 15 is 0 Å². The fourth-order valence-electron chi connectivity index (χ4n) is 5.27.